The summed E-state index contributed by atoms with van der Waals surface area (Å²) in [5.41, 5.74) is 1.14. The SMILES string of the molecule is Cc1ccc(S(=O)(=O)Nc2c(C)n(C)n(-c3ccccc3)c2=O)cc1C(=O)OCC(=O)c1cccc(Br)c1. The largest absolute Gasteiger partial charge is 0.454 e. The lowest BCUT2D eigenvalue weighted by molar-refractivity contribution is 0.0473. The molecule has 0 aliphatic heterocycles. The van der Waals surface area contributed by atoms with Crippen molar-refractivity contribution in [3.8, 4) is 5.69 Å². The Hall–Kier alpha value is -3.96. The van der Waals surface area contributed by atoms with Crippen LogP contribution in [-0.2, 0) is 21.8 Å². The number of nitrogens with one attached hydrogen (secondary N) is 1. The number of esters is 1. The summed E-state index contributed by atoms with van der Waals surface area (Å²) in [7, 11) is -2.60. The van der Waals surface area contributed by atoms with Crippen molar-refractivity contribution < 1.29 is 22.7 Å². The topological polar surface area (TPSA) is 116 Å². The Morgan fingerprint density at radius 3 is 2.37 bits per heavy atom. The van der Waals surface area contributed by atoms with Crippen LogP contribution >= 0.6 is 15.9 Å². The van der Waals surface area contributed by atoms with Gasteiger partial charge in [0.2, 0.25) is 0 Å². The van der Waals surface area contributed by atoms with Crippen molar-refractivity contribution in [2.24, 2.45) is 7.05 Å². The Balaban J connectivity index is 1.58. The van der Waals surface area contributed by atoms with Crippen LogP contribution in [0, 0.1) is 13.8 Å². The lowest BCUT2D eigenvalue weighted by Crippen LogP contribution is -2.23. The van der Waals surface area contributed by atoms with E-state index in [4.69, 9.17) is 4.74 Å². The third-order valence-corrected chi connectivity index (χ3v) is 7.85. The third-order valence-electron chi connectivity index (χ3n) is 6.01. The van der Waals surface area contributed by atoms with Gasteiger partial charge in [-0.15, -0.1) is 0 Å². The number of aryl methyl sites for hydroxylation is 1. The Bertz CT molecular complexity index is 1710. The van der Waals surface area contributed by atoms with Gasteiger partial charge in [-0.2, -0.15) is 0 Å². The molecule has 0 amide bonds. The Morgan fingerprint density at radius 1 is 0.974 bits per heavy atom. The van der Waals surface area contributed by atoms with Crippen molar-refractivity contribution in [2.45, 2.75) is 18.7 Å². The van der Waals surface area contributed by atoms with Gasteiger partial charge in [-0.25, -0.2) is 17.9 Å². The summed E-state index contributed by atoms with van der Waals surface area (Å²) in [5, 5.41) is 0. The highest BCUT2D eigenvalue weighted by Crippen LogP contribution is 2.22. The maximum absolute atomic E-state index is 13.3. The molecule has 0 aliphatic carbocycles. The molecule has 196 valence electrons. The first-order valence-corrected chi connectivity index (χ1v) is 13.7. The van der Waals surface area contributed by atoms with Crippen molar-refractivity contribution in [3.05, 3.63) is 110 Å². The summed E-state index contributed by atoms with van der Waals surface area (Å²) in [6.07, 6.45) is 0. The number of anilines is 1. The second-order valence-corrected chi connectivity index (χ2v) is 11.1. The third kappa shape index (κ3) is 5.48. The van der Waals surface area contributed by atoms with Crippen LogP contribution in [0.25, 0.3) is 5.69 Å². The number of aromatic nitrogens is 2. The van der Waals surface area contributed by atoms with E-state index in [0.29, 0.717) is 27.0 Å². The fourth-order valence-corrected chi connectivity index (χ4v) is 5.36. The van der Waals surface area contributed by atoms with Crippen molar-refractivity contribution >= 4 is 43.4 Å². The Morgan fingerprint density at radius 2 is 1.68 bits per heavy atom. The molecule has 4 aromatic rings. The maximum Gasteiger partial charge on any atom is 0.338 e. The minimum absolute atomic E-state index is 0.0126. The lowest BCUT2D eigenvalue weighted by Gasteiger charge is -2.11. The molecule has 0 fully saturated rings. The van der Waals surface area contributed by atoms with Gasteiger partial charge in [0.05, 0.1) is 21.8 Å². The molecule has 1 N–H and O–H groups in total. The predicted molar refractivity (Wildman–Crippen MR) is 146 cm³/mol. The minimum Gasteiger partial charge on any atom is -0.454 e. The van der Waals surface area contributed by atoms with Gasteiger partial charge < -0.3 is 4.74 Å². The van der Waals surface area contributed by atoms with E-state index in [1.165, 1.54) is 16.8 Å². The molecule has 3 aromatic carbocycles. The van der Waals surface area contributed by atoms with E-state index in [1.807, 2.05) is 6.07 Å². The van der Waals surface area contributed by atoms with Crippen LogP contribution < -0.4 is 10.3 Å². The zero-order valence-electron chi connectivity index (χ0n) is 20.8. The summed E-state index contributed by atoms with van der Waals surface area (Å²) in [5.74, 6) is -1.25. The molecule has 0 unspecified atom stereocenters. The van der Waals surface area contributed by atoms with Crippen LogP contribution in [0.3, 0.4) is 0 Å². The van der Waals surface area contributed by atoms with Crippen LogP contribution in [-0.4, -0.2) is 36.1 Å². The molecule has 9 nitrogen and oxygen atoms in total. The first-order chi connectivity index (χ1) is 18.0. The normalized spacial score (nSPS) is 11.3. The van der Waals surface area contributed by atoms with Gasteiger partial charge in [-0.3, -0.25) is 19.0 Å². The molecule has 0 spiro atoms. The summed E-state index contributed by atoms with van der Waals surface area (Å²) >= 11 is 3.29. The quantitative estimate of drug-likeness (QED) is 0.238. The summed E-state index contributed by atoms with van der Waals surface area (Å²) < 4.78 is 37.7. The molecule has 0 aliphatic rings. The lowest BCUT2D eigenvalue weighted by atomic mass is 10.1. The van der Waals surface area contributed by atoms with Gasteiger partial charge in [0.1, 0.15) is 5.69 Å². The highest BCUT2D eigenvalue weighted by molar-refractivity contribution is 9.10. The molecule has 38 heavy (non-hydrogen) atoms. The van der Waals surface area contributed by atoms with E-state index < -0.39 is 33.9 Å². The maximum atomic E-state index is 13.3. The smallest absolute Gasteiger partial charge is 0.338 e. The van der Waals surface area contributed by atoms with E-state index in [1.54, 1.807) is 74.1 Å². The molecule has 0 saturated heterocycles. The van der Waals surface area contributed by atoms with E-state index in [-0.39, 0.29) is 16.1 Å². The van der Waals surface area contributed by atoms with Gasteiger partial charge in [0.15, 0.2) is 12.4 Å². The molecule has 0 atom stereocenters. The first kappa shape index (κ1) is 27.1. The molecule has 0 radical (unpaired) electrons. The van der Waals surface area contributed by atoms with Crippen molar-refractivity contribution in [3.63, 3.8) is 0 Å². The molecule has 1 aromatic heterocycles. The number of carbonyl (C=O) groups is 2. The Labute approximate surface area is 227 Å². The number of sulfonamides is 1. The molecule has 0 saturated carbocycles. The molecule has 11 heteroatoms. The Kier molecular flexibility index (Phi) is 7.70. The number of ether oxygens (including phenoxy) is 1. The average Bonchev–Trinajstić information content (AvgIpc) is 3.10. The van der Waals surface area contributed by atoms with Crippen molar-refractivity contribution in [2.75, 3.05) is 11.3 Å². The number of Topliss-reactive ketones (excluding diaryl/α,β-unsaturated/α-hetero) is 1. The summed E-state index contributed by atoms with van der Waals surface area (Å²) in [6, 6.07) is 19.4. The number of halogens is 1. The fourth-order valence-electron chi connectivity index (χ4n) is 3.82. The molecular formula is C27H24BrN3O6S. The number of nitrogens with zero attached hydrogens (tertiary/aromatic N) is 2. The van der Waals surface area contributed by atoms with Crippen LogP contribution in [0.2, 0.25) is 0 Å². The fraction of sp³-hybridized carbons (Fsp3) is 0.148. The predicted octanol–water partition coefficient (Wildman–Crippen LogP) is 4.40. The van der Waals surface area contributed by atoms with Crippen LogP contribution in [0.1, 0.15) is 32.0 Å². The molecule has 1 heterocycles. The molecule has 4 rings (SSSR count). The number of para-hydroxylation sites is 1. The number of ketones is 1. The zero-order valence-corrected chi connectivity index (χ0v) is 23.2. The number of benzene rings is 3. The molecular weight excluding hydrogens is 574 g/mol. The molecule has 0 bridgehead atoms. The number of hydrogen-bond donors (Lipinski definition) is 1. The summed E-state index contributed by atoms with van der Waals surface area (Å²) in [4.78, 5) is 38.1. The highest BCUT2D eigenvalue weighted by Gasteiger charge is 2.24. The zero-order chi connectivity index (χ0) is 27.6. The minimum atomic E-state index is -4.25. The van der Waals surface area contributed by atoms with Crippen molar-refractivity contribution in [1.82, 2.24) is 9.36 Å². The van der Waals surface area contributed by atoms with E-state index in [9.17, 15) is 22.8 Å². The van der Waals surface area contributed by atoms with Gasteiger partial charge >= 0.3 is 5.97 Å². The van der Waals surface area contributed by atoms with E-state index >= 15 is 0 Å². The number of hydrogen-bond acceptors (Lipinski definition) is 6. The standard InChI is InChI=1S/C27H24BrN3O6S/c1-17-12-13-22(15-23(17)27(34)37-16-24(32)19-8-7-9-20(28)14-19)38(35,36)29-25-18(2)30(3)31(26(25)33)21-10-5-4-6-11-21/h4-15,29H,16H2,1-3H3. The van der Waals surface area contributed by atoms with Gasteiger partial charge in [0, 0.05) is 17.1 Å². The van der Waals surface area contributed by atoms with Crippen LogP contribution in [0.15, 0.2) is 87.0 Å². The van der Waals surface area contributed by atoms with E-state index in [2.05, 4.69) is 20.7 Å². The monoisotopic (exact) mass is 597 g/mol. The van der Waals surface area contributed by atoms with Crippen molar-refractivity contribution in [1.29, 1.82) is 0 Å². The number of carbonyl (C=O) groups excluding carboxylic acids is 2. The first-order valence-electron chi connectivity index (χ1n) is 11.4. The number of rotatable bonds is 8. The van der Waals surface area contributed by atoms with Gasteiger partial charge in [-0.05, 0) is 55.8 Å². The van der Waals surface area contributed by atoms with Crippen LogP contribution in [0.4, 0.5) is 5.69 Å². The van der Waals surface area contributed by atoms with E-state index in [0.717, 1.165) is 6.07 Å². The second-order valence-electron chi connectivity index (χ2n) is 8.53. The highest BCUT2D eigenvalue weighted by atomic mass is 79.9. The average molecular weight is 598 g/mol. The van der Waals surface area contributed by atoms with Gasteiger partial charge in [0.25, 0.3) is 15.6 Å². The van der Waals surface area contributed by atoms with Gasteiger partial charge in [-0.1, -0.05) is 52.3 Å². The van der Waals surface area contributed by atoms with Crippen LogP contribution in [0.5, 0.6) is 0 Å². The summed E-state index contributed by atoms with van der Waals surface area (Å²) in [6.45, 7) is 2.74. The second kappa shape index (κ2) is 10.8.